The van der Waals surface area contributed by atoms with Crippen molar-refractivity contribution >= 4 is 22.5 Å². The Balaban J connectivity index is 1.92. The Labute approximate surface area is 146 Å². The quantitative estimate of drug-likeness (QED) is 0.798. The predicted molar refractivity (Wildman–Crippen MR) is 93.1 cm³/mol. The van der Waals surface area contributed by atoms with Gasteiger partial charge in [0.2, 0.25) is 5.91 Å². The van der Waals surface area contributed by atoms with Crippen LogP contribution in [0.3, 0.4) is 0 Å². The lowest BCUT2D eigenvalue weighted by Crippen LogP contribution is -2.51. The van der Waals surface area contributed by atoms with Gasteiger partial charge >= 0.3 is 0 Å². The second-order valence-corrected chi connectivity index (χ2v) is 6.02. The Hall–Kier alpha value is -2.25. The maximum Gasteiger partial charge on any atom is 0.242 e. The summed E-state index contributed by atoms with van der Waals surface area (Å²) in [5.41, 5.74) is 2.27. The van der Waals surface area contributed by atoms with Crippen molar-refractivity contribution < 1.29 is 18.7 Å². The average Bonchev–Trinajstić information content (AvgIpc) is 2.60. The maximum absolute atomic E-state index is 13.8. The number of anilines is 1. The number of carbonyl (C=O) groups excluding carboxylic acids is 1. The third-order valence-electron chi connectivity index (χ3n) is 4.32. The van der Waals surface area contributed by atoms with Crippen LogP contribution in [-0.2, 0) is 20.9 Å². The summed E-state index contributed by atoms with van der Waals surface area (Å²) in [7, 11) is 3.23. The van der Waals surface area contributed by atoms with Gasteiger partial charge in [-0.1, -0.05) is 0 Å². The summed E-state index contributed by atoms with van der Waals surface area (Å²) in [5, 5.41) is 0.706. The smallest absolute Gasteiger partial charge is 0.242 e. The van der Waals surface area contributed by atoms with Gasteiger partial charge in [-0.05, 0) is 24.3 Å². The molecule has 2 aromatic rings. The summed E-state index contributed by atoms with van der Waals surface area (Å²) < 4.78 is 24.0. The number of fused-ring (bicyclic) bond motifs is 1. The van der Waals surface area contributed by atoms with Crippen LogP contribution < -0.4 is 4.90 Å². The van der Waals surface area contributed by atoms with E-state index < -0.39 is 0 Å². The molecule has 2 heterocycles. The van der Waals surface area contributed by atoms with E-state index in [-0.39, 0.29) is 18.3 Å². The molecule has 0 unspecified atom stereocenters. The molecule has 0 aliphatic carbocycles. The van der Waals surface area contributed by atoms with Crippen LogP contribution in [0.25, 0.3) is 10.9 Å². The topological polar surface area (TPSA) is 54.9 Å². The molecule has 25 heavy (non-hydrogen) atoms. The molecule has 0 saturated carbocycles. The summed E-state index contributed by atoms with van der Waals surface area (Å²) in [6, 6.07) is 6.40. The maximum atomic E-state index is 13.8. The number of hydrogen-bond acceptors (Lipinski definition) is 5. The zero-order valence-corrected chi connectivity index (χ0v) is 14.5. The van der Waals surface area contributed by atoms with Crippen LogP contribution in [0, 0.1) is 5.82 Å². The van der Waals surface area contributed by atoms with E-state index in [0.29, 0.717) is 43.8 Å². The summed E-state index contributed by atoms with van der Waals surface area (Å²) in [6.07, 6.45) is 0. The highest BCUT2D eigenvalue weighted by atomic mass is 19.1. The molecule has 134 valence electrons. The minimum absolute atomic E-state index is 0.0398. The standard InChI is InChI=1S/C18H22FN3O3/c1-24-8-7-21-5-6-22(11-18(21)23)17-10-14(12-25-2)20-16-4-3-13(19)9-15(16)17/h3-4,9-10H,5-8,11-12H2,1-2H3. The van der Waals surface area contributed by atoms with Crippen molar-refractivity contribution in [1.29, 1.82) is 0 Å². The van der Waals surface area contributed by atoms with Crippen LogP contribution >= 0.6 is 0 Å². The molecule has 0 bridgehead atoms. The summed E-state index contributed by atoms with van der Waals surface area (Å²) in [4.78, 5) is 20.7. The van der Waals surface area contributed by atoms with Crippen LogP contribution in [0.4, 0.5) is 10.1 Å². The molecule has 0 radical (unpaired) electrons. The molecule has 3 rings (SSSR count). The van der Waals surface area contributed by atoms with E-state index in [1.807, 2.05) is 11.0 Å². The molecule has 1 aliphatic rings. The van der Waals surface area contributed by atoms with E-state index in [0.717, 1.165) is 11.4 Å². The van der Waals surface area contributed by atoms with E-state index in [1.54, 1.807) is 25.2 Å². The Morgan fingerprint density at radius 2 is 2.04 bits per heavy atom. The number of hydrogen-bond donors (Lipinski definition) is 0. The lowest BCUT2D eigenvalue weighted by Gasteiger charge is -2.36. The zero-order valence-electron chi connectivity index (χ0n) is 14.5. The average molecular weight is 347 g/mol. The SMILES string of the molecule is COCCN1CCN(c2cc(COC)nc3ccc(F)cc23)CC1=O. The number of carbonyl (C=O) groups is 1. The molecule has 1 aromatic heterocycles. The van der Waals surface area contributed by atoms with Gasteiger partial charge in [0.15, 0.2) is 0 Å². The number of rotatable bonds is 6. The first-order valence-corrected chi connectivity index (χ1v) is 8.22. The molecular weight excluding hydrogens is 325 g/mol. The Kier molecular flexibility index (Phi) is 5.45. The number of ether oxygens (including phenoxy) is 2. The van der Waals surface area contributed by atoms with Crippen LogP contribution in [0.1, 0.15) is 5.69 Å². The lowest BCUT2D eigenvalue weighted by atomic mass is 10.1. The predicted octanol–water partition coefficient (Wildman–Crippen LogP) is 1.82. The number of piperazine rings is 1. The Bertz CT molecular complexity index is 769. The second-order valence-electron chi connectivity index (χ2n) is 6.02. The van der Waals surface area contributed by atoms with Crippen molar-refractivity contribution in [2.24, 2.45) is 0 Å². The highest BCUT2D eigenvalue weighted by Gasteiger charge is 2.25. The largest absolute Gasteiger partial charge is 0.383 e. The number of methoxy groups -OCH3 is 2. The van der Waals surface area contributed by atoms with Crippen LogP contribution in [0.15, 0.2) is 24.3 Å². The van der Waals surface area contributed by atoms with Crippen molar-refractivity contribution in [3.63, 3.8) is 0 Å². The van der Waals surface area contributed by atoms with Crippen molar-refractivity contribution in [2.75, 3.05) is 51.9 Å². The third kappa shape index (κ3) is 3.88. The molecule has 1 amide bonds. The van der Waals surface area contributed by atoms with Gasteiger partial charge in [0, 0.05) is 44.9 Å². The normalized spacial score (nSPS) is 15.2. The first-order valence-electron chi connectivity index (χ1n) is 8.22. The van der Waals surface area contributed by atoms with Crippen LogP contribution in [-0.4, -0.2) is 62.8 Å². The number of halogens is 1. The Morgan fingerprint density at radius 1 is 1.20 bits per heavy atom. The summed E-state index contributed by atoms with van der Waals surface area (Å²) in [5.74, 6) is -0.280. The monoisotopic (exact) mass is 347 g/mol. The van der Waals surface area contributed by atoms with Gasteiger partial charge in [0.05, 0.1) is 31.0 Å². The van der Waals surface area contributed by atoms with Gasteiger partial charge in [0.1, 0.15) is 5.82 Å². The molecule has 1 aliphatic heterocycles. The number of nitrogens with zero attached hydrogens (tertiary/aromatic N) is 3. The molecule has 1 saturated heterocycles. The highest BCUT2D eigenvalue weighted by Crippen LogP contribution is 2.29. The van der Waals surface area contributed by atoms with Gasteiger partial charge < -0.3 is 19.3 Å². The molecule has 1 fully saturated rings. The number of benzene rings is 1. The first kappa shape index (κ1) is 17.6. The molecule has 7 heteroatoms. The number of aromatic nitrogens is 1. The van der Waals surface area contributed by atoms with E-state index in [9.17, 15) is 9.18 Å². The van der Waals surface area contributed by atoms with Crippen molar-refractivity contribution in [1.82, 2.24) is 9.88 Å². The first-order chi connectivity index (χ1) is 12.1. The van der Waals surface area contributed by atoms with E-state index >= 15 is 0 Å². The fourth-order valence-electron chi connectivity index (χ4n) is 3.07. The minimum atomic E-state index is -0.319. The molecule has 1 aromatic carbocycles. The lowest BCUT2D eigenvalue weighted by molar-refractivity contribution is -0.131. The highest BCUT2D eigenvalue weighted by molar-refractivity contribution is 5.94. The molecular formula is C18H22FN3O3. The molecule has 6 nitrogen and oxygen atoms in total. The van der Waals surface area contributed by atoms with Gasteiger partial charge in [-0.2, -0.15) is 0 Å². The fraction of sp³-hybridized carbons (Fsp3) is 0.444. The summed E-state index contributed by atoms with van der Waals surface area (Å²) >= 11 is 0. The fourth-order valence-corrected chi connectivity index (χ4v) is 3.07. The van der Waals surface area contributed by atoms with Gasteiger partial charge in [0.25, 0.3) is 0 Å². The van der Waals surface area contributed by atoms with Crippen molar-refractivity contribution in [3.05, 3.63) is 35.8 Å². The van der Waals surface area contributed by atoms with Crippen molar-refractivity contribution in [2.45, 2.75) is 6.61 Å². The second kappa shape index (κ2) is 7.76. The van der Waals surface area contributed by atoms with E-state index in [2.05, 4.69) is 4.98 Å². The molecule has 0 N–H and O–H groups in total. The number of pyridine rings is 1. The van der Waals surface area contributed by atoms with Crippen LogP contribution in [0.5, 0.6) is 0 Å². The third-order valence-corrected chi connectivity index (χ3v) is 4.32. The van der Waals surface area contributed by atoms with Gasteiger partial charge in [-0.25, -0.2) is 4.39 Å². The minimum Gasteiger partial charge on any atom is -0.383 e. The number of amides is 1. The zero-order chi connectivity index (χ0) is 17.8. The molecule has 0 spiro atoms. The van der Waals surface area contributed by atoms with Crippen LogP contribution in [0.2, 0.25) is 0 Å². The summed E-state index contributed by atoms with van der Waals surface area (Å²) in [6.45, 7) is 3.02. The molecule has 0 atom stereocenters. The van der Waals surface area contributed by atoms with E-state index in [1.165, 1.54) is 12.1 Å². The Morgan fingerprint density at radius 3 is 2.76 bits per heavy atom. The van der Waals surface area contributed by atoms with Gasteiger partial charge in [-0.15, -0.1) is 0 Å². The van der Waals surface area contributed by atoms with Crippen molar-refractivity contribution in [3.8, 4) is 0 Å². The van der Waals surface area contributed by atoms with E-state index in [4.69, 9.17) is 9.47 Å². The van der Waals surface area contributed by atoms with Gasteiger partial charge in [-0.3, -0.25) is 9.78 Å².